The minimum Gasteiger partial charge on any atom is -0.478 e. The van der Waals surface area contributed by atoms with Crippen LogP contribution in [0, 0.1) is 5.82 Å². The third-order valence-electron chi connectivity index (χ3n) is 3.09. The lowest BCUT2D eigenvalue weighted by molar-refractivity contribution is -0.130. The highest BCUT2D eigenvalue weighted by atomic mass is 19.1. The van der Waals surface area contributed by atoms with E-state index < -0.39 is 11.8 Å². The Balaban J connectivity index is 2.00. The highest BCUT2D eigenvalue weighted by Gasteiger charge is 2.15. The Kier molecular flexibility index (Phi) is 3.31. The molecule has 2 aromatic carbocycles. The SMILES string of the molecule is O=C(O)/C(=C/c1ccc2c(c1)OCO2)c1ccc(F)cc1. The van der Waals surface area contributed by atoms with Crippen molar-refractivity contribution in [3.05, 3.63) is 59.4 Å². The average Bonchev–Trinajstić information content (AvgIpc) is 2.93. The van der Waals surface area contributed by atoms with Crippen molar-refractivity contribution in [3.63, 3.8) is 0 Å². The summed E-state index contributed by atoms with van der Waals surface area (Å²) < 4.78 is 23.4. The van der Waals surface area contributed by atoms with Crippen LogP contribution in [-0.4, -0.2) is 17.9 Å². The minimum atomic E-state index is -1.08. The summed E-state index contributed by atoms with van der Waals surface area (Å²) in [6.07, 6.45) is 1.51. The largest absolute Gasteiger partial charge is 0.478 e. The van der Waals surface area contributed by atoms with Crippen molar-refractivity contribution in [1.82, 2.24) is 0 Å². The van der Waals surface area contributed by atoms with Crippen molar-refractivity contribution in [2.75, 3.05) is 6.79 Å². The first kappa shape index (κ1) is 13.2. The fraction of sp³-hybridized carbons (Fsp3) is 0.0625. The second kappa shape index (κ2) is 5.28. The van der Waals surface area contributed by atoms with Crippen LogP contribution in [0.1, 0.15) is 11.1 Å². The summed E-state index contributed by atoms with van der Waals surface area (Å²) in [7, 11) is 0. The molecule has 0 unspecified atom stereocenters. The molecule has 3 rings (SSSR count). The first-order valence-electron chi connectivity index (χ1n) is 6.24. The zero-order chi connectivity index (χ0) is 14.8. The molecule has 4 nitrogen and oxygen atoms in total. The van der Waals surface area contributed by atoms with Gasteiger partial charge in [-0.1, -0.05) is 18.2 Å². The number of carboxylic acid groups (broad SMARTS) is 1. The maximum Gasteiger partial charge on any atom is 0.336 e. The lowest BCUT2D eigenvalue weighted by Gasteiger charge is -2.04. The zero-order valence-electron chi connectivity index (χ0n) is 10.9. The maximum atomic E-state index is 12.9. The zero-order valence-corrected chi connectivity index (χ0v) is 10.9. The number of ether oxygens (including phenoxy) is 2. The average molecular weight is 286 g/mol. The molecule has 0 aromatic heterocycles. The van der Waals surface area contributed by atoms with Crippen molar-refractivity contribution in [1.29, 1.82) is 0 Å². The molecule has 1 heterocycles. The molecular formula is C16H11FO4. The van der Waals surface area contributed by atoms with Crippen LogP contribution in [0.3, 0.4) is 0 Å². The normalized spacial score (nSPS) is 13.3. The van der Waals surface area contributed by atoms with Crippen molar-refractivity contribution in [3.8, 4) is 11.5 Å². The number of benzene rings is 2. The summed E-state index contributed by atoms with van der Waals surface area (Å²) in [6, 6.07) is 10.5. The third kappa shape index (κ3) is 2.72. The Hall–Kier alpha value is -2.82. The van der Waals surface area contributed by atoms with Crippen molar-refractivity contribution >= 4 is 17.6 Å². The fourth-order valence-corrected chi connectivity index (χ4v) is 2.07. The molecule has 106 valence electrons. The Morgan fingerprint density at radius 2 is 1.81 bits per heavy atom. The molecule has 0 saturated heterocycles. The molecule has 2 aromatic rings. The van der Waals surface area contributed by atoms with Crippen LogP contribution in [-0.2, 0) is 4.79 Å². The maximum absolute atomic E-state index is 12.9. The molecule has 1 N–H and O–H groups in total. The van der Waals surface area contributed by atoms with Crippen molar-refractivity contribution in [2.24, 2.45) is 0 Å². The number of carboxylic acids is 1. The number of fused-ring (bicyclic) bond motifs is 1. The molecule has 1 aliphatic heterocycles. The summed E-state index contributed by atoms with van der Waals surface area (Å²) in [6.45, 7) is 0.159. The quantitative estimate of drug-likeness (QED) is 0.695. The second-order valence-electron chi connectivity index (χ2n) is 4.48. The Labute approximate surface area is 120 Å². The van der Waals surface area contributed by atoms with Gasteiger partial charge in [-0.3, -0.25) is 0 Å². The van der Waals surface area contributed by atoms with Crippen LogP contribution < -0.4 is 9.47 Å². The fourth-order valence-electron chi connectivity index (χ4n) is 2.07. The first-order chi connectivity index (χ1) is 10.1. The Morgan fingerprint density at radius 3 is 2.52 bits per heavy atom. The Morgan fingerprint density at radius 1 is 1.10 bits per heavy atom. The number of halogens is 1. The van der Waals surface area contributed by atoms with Gasteiger partial charge in [0, 0.05) is 0 Å². The standard InChI is InChI=1S/C16H11FO4/c17-12-4-2-11(3-5-12)13(16(18)19)7-10-1-6-14-15(8-10)21-9-20-14/h1-8H,9H2,(H,18,19)/b13-7+. The highest BCUT2D eigenvalue weighted by molar-refractivity contribution is 6.20. The second-order valence-corrected chi connectivity index (χ2v) is 4.48. The number of rotatable bonds is 3. The van der Waals surface area contributed by atoms with E-state index in [1.807, 2.05) is 0 Å². The van der Waals surface area contributed by atoms with Gasteiger partial charge in [0.25, 0.3) is 0 Å². The van der Waals surface area contributed by atoms with Gasteiger partial charge in [-0.2, -0.15) is 0 Å². The summed E-state index contributed by atoms with van der Waals surface area (Å²) >= 11 is 0. The van der Waals surface area contributed by atoms with E-state index in [4.69, 9.17) is 9.47 Å². The number of hydrogen-bond acceptors (Lipinski definition) is 3. The molecule has 0 amide bonds. The third-order valence-corrected chi connectivity index (χ3v) is 3.09. The van der Waals surface area contributed by atoms with Gasteiger partial charge in [0.1, 0.15) is 5.82 Å². The lowest BCUT2D eigenvalue weighted by atomic mass is 10.0. The highest BCUT2D eigenvalue weighted by Crippen LogP contribution is 2.33. The molecule has 0 saturated carbocycles. The van der Waals surface area contributed by atoms with E-state index in [0.29, 0.717) is 22.6 Å². The molecular weight excluding hydrogens is 275 g/mol. The number of carbonyl (C=O) groups is 1. The van der Waals surface area contributed by atoms with Crippen LogP contribution in [0.5, 0.6) is 11.5 Å². The van der Waals surface area contributed by atoms with E-state index in [9.17, 15) is 14.3 Å². The smallest absolute Gasteiger partial charge is 0.336 e. The van der Waals surface area contributed by atoms with Crippen LogP contribution in [0.15, 0.2) is 42.5 Å². The van der Waals surface area contributed by atoms with E-state index in [-0.39, 0.29) is 12.4 Å². The van der Waals surface area contributed by atoms with Gasteiger partial charge in [0.15, 0.2) is 11.5 Å². The molecule has 0 bridgehead atoms. The van der Waals surface area contributed by atoms with Gasteiger partial charge >= 0.3 is 5.97 Å². The molecule has 1 aliphatic rings. The predicted octanol–water partition coefficient (Wildman–Crippen LogP) is 3.18. The summed E-state index contributed by atoms with van der Waals surface area (Å²) in [5.41, 5.74) is 1.18. The molecule has 0 spiro atoms. The first-order valence-corrected chi connectivity index (χ1v) is 6.24. The van der Waals surface area contributed by atoms with Gasteiger partial charge in [0.05, 0.1) is 5.57 Å². The van der Waals surface area contributed by atoms with Crippen LogP contribution in [0.25, 0.3) is 11.6 Å². The van der Waals surface area contributed by atoms with E-state index in [2.05, 4.69) is 0 Å². The summed E-state index contributed by atoms with van der Waals surface area (Å²) in [5, 5.41) is 9.33. The molecule has 0 radical (unpaired) electrons. The van der Waals surface area contributed by atoms with E-state index in [1.165, 1.54) is 30.3 Å². The molecule has 21 heavy (non-hydrogen) atoms. The van der Waals surface area contributed by atoms with Crippen LogP contribution in [0.2, 0.25) is 0 Å². The van der Waals surface area contributed by atoms with Gasteiger partial charge < -0.3 is 14.6 Å². The van der Waals surface area contributed by atoms with Crippen LogP contribution >= 0.6 is 0 Å². The van der Waals surface area contributed by atoms with Crippen LogP contribution in [0.4, 0.5) is 4.39 Å². The molecule has 0 atom stereocenters. The van der Waals surface area contributed by atoms with E-state index >= 15 is 0 Å². The van der Waals surface area contributed by atoms with Gasteiger partial charge in [0.2, 0.25) is 6.79 Å². The Bertz CT molecular complexity index is 720. The van der Waals surface area contributed by atoms with Gasteiger partial charge in [-0.15, -0.1) is 0 Å². The summed E-state index contributed by atoms with van der Waals surface area (Å²) in [5.74, 6) is -0.288. The lowest BCUT2D eigenvalue weighted by Crippen LogP contribution is -1.99. The van der Waals surface area contributed by atoms with Gasteiger partial charge in [-0.05, 0) is 41.5 Å². The number of aliphatic carboxylic acids is 1. The number of hydrogen-bond donors (Lipinski definition) is 1. The monoisotopic (exact) mass is 286 g/mol. The molecule has 0 fully saturated rings. The van der Waals surface area contributed by atoms with E-state index in [0.717, 1.165) is 0 Å². The van der Waals surface area contributed by atoms with Crippen molar-refractivity contribution in [2.45, 2.75) is 0 Å². The predicted molar refractivity (Wildman–Crippen MR) is 74.5 cm³/mol. The van der Waals surface area contributed by atoms with Gasteiger partial charge in [-0.25, -0.2) is 9.18 Å². The summed E-state index contributed by atoms with van der Waals surface area (Å²) in [4.78, 5) is 11.4. The van der Waals surface area contributed by atoms with Crippen molar-refractivity contribution < 1.29 is 23.8 Å². The topological polar surface area (TPSA) is 55.8 Å². The van der Waals surface area contributed by atoms with E-state index in [1.54, 1.807) is 18.2 Å². The molecule has 0 aliphatic carbocycles. The molecule has 5 heteroatoms. The minimum absolute atomic E-state index is 0.0777.